The Hall–Kier alpha value is -0.630. The quantitative estimate of drug-likeness (QED) is 0.788. The van der Waals surface area contributed by atoms with Crippen molar-refractivity contribution >= 4 is 11.8 Å². The zero-order valence-electron chi connectivity index (χ0n) is 9.00. The van der Waals surface area contributed by atoms with E-state index in [9.17, 15) is 5.11 Å². The molecule has 1 aliphatic heterocycles. The van der Waals surface area contributed by atoms with E-state index in [4.69, 9.17) is 15.0 Å². The molecule has 0 amide bonds. The number of ether oxygens (including phenoxy) is 1. The van der Waals surface area contributed by atoms with Gasteiger partial charge in [-0.15, -0.1) is 0 Å². The maximum Gasteiger partial charge on any atom is 0.246 e. The maximum absolute atomic E-state index is 9.31. The molecule has 0 radical (unpaired) electrons. The average Bonchev–Trinajstić information content (AvgIpc) is 2.78. The van der Waals surface area contributed by atoms with Crippen LogP contribution in [-0.2, 0) is 4.74 Å². The van der Waals surface area contributed by atoms with E-state index in [1.807, 2.05) is 0 Å². The van der Waals surface area contributed by atoms with Gasteiger partial charge in [0.25, 0.3) is 0 Å². The number of rotatable bonds is 3. The topological polar surface area (TPSA) is 94.4 Å². The fourth-order valence-corrected chi connectivity index (χ4v) is 2.20. The summed E-state index contributed by atoms with van der Waals surface area (Å²) < 4.78 is 10.5. The van der Waals surface area contributed by atoms with Crippen LogP contribution in [0.4, 0.5) is 0 Å². The van der Waals surface area contributed by atoms with E-state index in [1.54, 1.807) is 18.7 Å². The number of nitrogens with zero attached hydrogens (tertiary/aromatic N) is 2. The molecule has 2 heterocycles. The molecular weight excluding hydrogens is 230 g/mol. The Morgan fingerprint density at radius 1 is 1.62 bits per heavy atom. The molecule has 6 nitrogen and oxygen atoms in total. The van der Waals surface area contributed by atoms with Crippen molar-refractivity contribution in [3.05, 3.63) is 11.7 Å². The van der Waals surface area contributed by atoms with Crippen LogP contribution in [0.15, 0.2) is 4.52 Å². The Morgan fingerprint density at radius 2 is 2.44 bits per heavy atom. The standard InChI is InChI=1S/C9H15N3O3S/c1-5(13)7(10)9-11-8(12-15-9)6-4-16-3-2-14-6/h5-7,13H,2-4,10H2,1H3. The van der Waals surface area contributed by atoms with E-state index in [2.05, 4.69) is 10.1 Å². The number of aliphatic hydroxyl groups is 1. The molecule has 7 heteroatoms. The summed E-state index contributed by atoms with van der Waals surface area (Å²) in [5, 5.41) is 13.1. The normalized spacial score (nSPS) is 25.3. The van der Waals surface area contributed by atoms with Gasteiger partial charge < -0.3 is 20.1 Å². The van der Waals surface area contributed by atoms with E-state index in [0.29, 0.717) is 12.4 Å². The Labute approximate surface area is 97.5 Å². The molecular formula is C9H15N3O3S. The summed E-state index contributed by atoms with van der Waals surface area (Å²) in [5.41, 5.74) is 5.69. The summed E-state index contributed by atoms with van der Waals surface area (Å²) in [5.74, 6) is 2.58. The van der Waals surface area contributed by atoms with Crippen LogP contribution >= 0.6 is 11.8 Å². The SMILES string of the molecule is CC(O)C(N)c1nc(C2CSCCO2)no1. The van der Waals surface area contributed by atoms with Crippen molar-refractivity contribution in [1.29, 1.82) is 0 Å². The molecule has 1 aliphatic rings. The fourth-order valence-electron chi connectivity index (χ4n) is 1.36. The molecule has 0 spiro atoms. The Balaban J connectivity index is 2.06. The highest BCUT2D eigenvalue weighted by Crippen LogP contribution is 2.25. The number of aliphatic hydroxyl groups excluding tert-OH is 1. The van der Waals surface area contributed by atoms with Gasteiger partial charge in [-0.25, -0.2) is 0 Å². The molecule has 1 aromatic rings. The highest BCUT2D eigenvalue weighted by molar-refractivity contribution is 7.99. The van der Waals surface area contributed by atoms with Crippen molar-refractivity contribution in [1.82, 2.24) is 10.1 Å². The van der Waals surface area contributed by atoms with Crippen LogP contribution in [0.5, 0.6) is 0 Å². The van der Waals surface area contributed by atoms with Crippen molar-refractivity contribution in [2.75, 3.05) is 18.1 Å². The van der Waals surface area contributed by atoms with Gasteiger partial charge in [-0.2, -0.15) is 16.7 Å². The second-order valence-corrected chi connectivity index (χ2v) is 4.84. The lowest BCUT2D eigenvalue weighted by molar-refractivity contribution is 0.0677. The monoisotopic (exact) mass is 245 g/mol. The van der Waals surface area contributed by atoms with Gasteiger partial charge in [0.2, 0.25) is 11.7 Å². The Bertz CT molecular complexity index is 338. The zero-order chi connectivity index (χ0) is 11.5. The summed E-state index contributed by atoms with van der Waals surface area (Å²) in [4.78, 5) is 4.15. The van der Waals surface area contributed by atoms with Crippen molar-refractivity contribution < 1.29 is 14.4 Å². The van der Waals surface area contributed by atoms with Crippen molar-refractivity contribution in [3.8, 4) is 0 Å². The van der Waals surface area contributed by atoms with E-state index in [1.165, 1.54) is 0 Å². The van der Waals surface area contributed by atoms with Crippen LogP contribution in [0.25, 0.3) is 0 Å². The van der Waals surface area contributed by atoms with Gasteiger partial charge in [-0.05, 0) is 6.92 Å². The predicted molar refractivity (Wildman–Crippen MR) is 58.9 cm³/mol. The Kier molecular flexibility index (Phi) is 3.80. The van der Waals surface area contributed by atoms with E-state index >= 15 is 0 Å². The lowest BCUT2D eigenvalue weighted by Crippen LogP contribution is -2.23. The first-order chi connectivity index (χ1) is 7.68. The highest BCUT2D eigenvalue weighted by atomic mass is 32.2. The van der Waals surface area contributed by atoms with Crippen molar-refractivity contribution in [2.24, 2.45) is 5.73 Å². The van der Waals surface area contributed by atoms with E-state index in [0.717, 1.165) is 11.5 Å². The summed E-state index contributed by atoms with van der Waals surface area (Å²) in [6.07, 6.45) is -0.840. The Morgan fingerprint density at radius 3 is 3.06 bits per heavy atom. The van der Waals surface area contributed by atoms with Gasteiger partial charge in [-0.3, -0.25) is 0 Å². The van der Waals surface area contributed by atoms with Crippen LogP contribution in [0.3, 0.4) is 0 Å². The zero-order valence-corrected chi connectivity index (χ0v) is 9.81. The van der Waals surface area contributed by atoms with Gasteiger partial charge in [0.05, 0.1) is 12.7 Å². The first kappa shape index (κ1) is 11.8. The van der Waals surface area contributed by atoms with Crippen molar-refractivity contribution in [2.45, 2.75) is 25.2 Å². The largest absolute Gasteiger partial charge is 0.391 e. The molecule has 3 N–H and O–H groups in total. The third-order valence-electron chi connectivity index (χ3n) is 2.37. The molecule has 0 aromatic carbocycles. The van der Waals surface area contributed by atoms with Gasteiger partial charge in [-0.1, -0.05) is 5.16 Å². The molecule has 16 heavy (non-hydrogen) atoms. The summed E-state index contributed by atoms with van der Waals surface area (Å²) >= 11 is 1.79. The third kappa shape index (κ3) is 2.54. The first-order valence-corrected chi connectivity index (χ1v) is 6.30. The summed E-state index contributed by atoms with van der Waals surface area (Å²) in [6.45, 7) is 2.28. The lowest BCUT2D eigenvalue weighted by atomic mass is 10.2. The third-order valence-corrected chi connectivity index (χ3v) is 3.36. The molecule has 3 unspecified atom stereocenters. The first-order valence-electron chi connectivity index (χ1n) is 5.15. The molecule has 1 aromatic heterocycles. The molecule has 3 atom stereocenters. The number of hydrogen-bond donors (Lipinski definition) is 2. The van der Waals surface area contributed by atoms with Crippen molar-refractivity contribution in [3.63, 3.8) is 0 Å². The van der Waals surface area contributed by atoms with Gasteiger partial charge in [0, 0.05) is 11.5 Å². The molecule has 0 saturated carbocycles. The minimum absolute atomic E-state index is 0.127. The number of hydrogen-bond acceptors (Lipinski definition) is 7. The number of aromatic nitrogens is 2. The number of nitrogens with two attached hydrogens (primary N) is 1. The molecule has 2 rings (SSSR count). The van der Waals surface area contributed by atoms with Crippen LogP contribution < -0.4 is 5.73 Å². The highest BCUT2D eigenvalue weighted by Gasteiger charge is 2.25. The van der Waals surface area contributed by atoms with Gasteiger partial charge >= 0.3 is 0 Å². The van der Waals surface area contributed by atoms with Crippen LogP contribution in [0.2, 0.25) is 0 Å². The minimum Gasteiger partial charge on any atom is -0.391 e. The lowest BCUT2D eigenvalue weighted by Gasteiger charge is -2.18. The maximum atomic E-state index is 9.31. The second kappa shape index (κ2) is 5.13. The predicted octanol–water partition coefficient (Wildman–Crippen LogP) is 0.255. The van der Waals surface area contributed by atoms with E-state index in [-0.39, 0.29) is 12.0 Å². The fraction of sp³-hybridized carbons (Fsp3) is 0.778. The van der Waals surface area contributed by atoms with Gasteiger partial charge in [0.1, 0.15) is 12.1 Å². The van der Waals surface area contributed by atoms with Gasteiger partial charge in [0.15, 0.2) is 0 Å². The second-order valence-electron chi connectivity index (χ2n) is 3.69. The molecule has 0 aliphatic carbocycles. The summed E-state index contributed by atoms with van der Waals surface area (Å²) in [6, 6.07) is -0.641. The van der Waals surface area contributed by atoms with Crippen LogP contribution in [-0.4, -0.2) is 39.5 Å². The van der Waals surface area contributed by atoms with E-state index < -0.39 is 12.1 Å². The minimum atomic E-state index is -0.713. The molecule has 0 bridgehead atoms. The molecule has 1 saturated heterocycles. The molecule has 90 valence electrons. The smallest absolute Gasteiger partial charge is 0.246 e. The van der Waals surface area contributed by atoms with Crippen LogP contribution in [0.1, 0.15) is 30.8 Å². The molecule has 1 fully saturated rings. The summed E-state index contributed by atoms with van der Waals surface area (Å²) in [7, 11) is 0. The van der Waals surface area contributed by atoms with Crippen LogP contribution in [0, 0.1) is 0 Å². The number of thioether (sulfide) groups is 1. The average molecular weight is 245 g/mol.